The first-order chi connectivity index (χ1) is 7.54. The zero-order chi connectivity index (χ0) is 12.1. The molecule has 1 aliphatic heterocycles. The summed E-state index contributed by atoms with van der Waals surface area (Å²) in [6, 6.07) is -1.49. The molecule has 0 aromatic heterocycles. The zero-order valence-electron chi connectivity index (χ0n) is 8.86. The Morgan fingerprint density at radius 3 is 2.44 bits per heavy atom. The fraction of sp³-hybridized carbons (Fsp3) is 0.667. The van der Waals surface area contributed by atoms with E-state index in [1.54, 1.807) is 11.8 Å². The highest BCUT2D eigenvalue weighted by Crippen LogP contribution is 2.07. The predicted molar refractivity (Wildman–Crippen MR) is 59.1 cm³/mol. The summed E-state index contributed by atoms with van der Waals surface area (Å²) in [5.41, 5.74) is 0. The van der Waals surface area contributed by atoms with Crippen molar-refractivity contribution in [3.05, 3.63) is 0 Å². The van der Waals surface area contributed by atoms with E-state index in [0.29, 0.717) is 6.42 Å². The molecule has 1 heterocycles. The molecule has 0 aliphatic carbocycles. The average molecular weight is 246 g/mol. The first kappa shape index (κ1) is 12.8. The molecule has 1 rings (SSSR count). The van der Waals surface area contributed by atoms with Crippen LogP contribution in [0.5, 0.6) is 0 Å². The number of amides is 2. The van der Waals surface area contributed by atoms with Crippen molar-refractivity contribution in [2.45, 2.75) is 24.9 Å². The molecule has 2 amide bonds. The van der Waals surface area contributed by atoms with Crippen molar-refractivity contribution in [1.82, 2.24) is 10.6 Å². The summed E-state index contributed by atoms with van der Waals surface area (Å²) in [4.78, 5) is 33.4. The highest BCUT2D eigenvalue weighted by atomic mass is 32.2. The van der Waals surface area contributed by atoms with E-state index in [-0.39, 0.29) is 12.3 Å². The third-order valence-electron chi connectivity index (χ3n) is 2.26. The van der Waals surface area contributed by atoms with Crippen LogP contribution in [0, 0.1) is 0 Å². The SMILES string of the molecule is CSCC[C@@H]1NC(=O)[C@H](CC(=O)O)NC1=O. The molecule has 0 aromatic carbocycles. The number of thioether (sulfide) groups is 1. The first-order valence-corrected chi connectivity index (χ1v) is 6.25. The number of hydrogen-bond donors (Lipinski definition) is 3. The van der Waals surface area contributed by atoms with Gasteiger partial charge in [-0.15, -0.1) is 0 Å². The quantitative estimate of drug-likeness (QED) is 0.590. The normalized spacial score (nSPS) is 24.8. The lowest BCUT2D eigenvalue weighted by atomic mass is 10.1. The molecule has 16 heavy (non-hydrogen) atoms. The van der Waals surface area contributed by atoms with E-state index < -0.39 is 24.0 Å². The van der Waals surface area contributed by atoms with E-state index in [0.717, 1.165) is 5.75 Å². The van der Waals surface area contributed by atoms with Crippen molar-refractivity contribution in [2.24, 2.45) is 0 Å². The summed E-state index contributed by atoms with van der Waals surface area (Å²) in [6.45, 7) is 0. The fourth-order valence-electron chi connectivity index (χ4n) is 1.43. The van der Waals surface area contributed by atoms with Crippen LogP contribution < -0.4 is 10.6 Å². The van der Waals surface area contributed by atoms with E-state index in [1.165, 1.54) is 0 Å². The lowest BCUT2D eigenvalue weighted by molar-refractivity contribution is -0.143. The number of hydrogen-bond acceptors (Lipinski definition) is 4. The second-order valence-corrected chi connectivity index (χ2v) is 4.49. The second-order valence-electron chi connectivity index (χ2n) is 3.50. The van der Waals surface area contributed by atoms with Gasteiger partial charge in [0.05, 0.1) is 6.42 Å². The Balaban J connectivity index is 2.53. The maximum atomic E-state index is 11.5. The molecule has 7 heteroatoms. The molecular formula is C9H14N2O4S. The van der Waals surface area contributed by atoms with Gasteiger partial charge in [-0.3, -0.25) is 14.4 Å². The van der Waals surface area contributed by atoms with Crippen LogP contribution in [0.1, 0.15) is 12.8 Å². The van der Waals surface area contributed by atoms with Crippen LogP contribution in [0.15, 0.2) is 0 Å². The Kier molecular flexibility index (Phi) is 4.60. The van der Waals surface area contributed by atoms with Crippen molar-refractivity contribution in [3.8, 4) is 0 Å². The van der Waals surface area contributed by atoms with Crippen molar-refractivity contribution in [3.63, 3.8) is 0 Å². The Bertz CT molecular complexity index is 308. The van der Waals surface area contributed by atoms with Gasteiger partial charge < -0.3 is 15.7 Å². The standard InChI is InChI=1S/C9H14N2O4S/c1-16-3-2-5-8(14)11-6(4-7(12)13)9(15)10-5/h5-6H,2-4H2,1H3,(H,10,15)(H,11,14)(H,12,13)/t5-,6-/m0/s1. The van der Waals surface area contributed by atoms with Crippen LogP contribution in [-0.4, -0.2) is 47.0 Å². The van der Waals surface area contributed by atoms with Gasteiger partial charge in [-0.1, -0.05) is 0 Å². The molecule has 1 aliphatic rings. The minimum atomic E-state index is -1.11. The second kappa shape index (κ2) is 5.74. The summed E-state index contributed by atoms with van der Waals surface area (Å²) in [7, 11) is 0. The van der Waals surface area contributed by atoms with Gasteiger partial charge in [-0.25, -0.2) is 0 Å². The molecule has 3 N–H and O–H groups in total. The zero-order valence-corrected chi connectivity index (χ0v) is 9.67. The molecule has 0 spiro atoms. The van der Waals surface area contributed by atoms with Crippen molar-refractivity contribution >= 4 is 29.5 Å². The third kappa shape index (κ3) is 3.41. The van der Waals surface area contributed by atoms with E-state index in [9.17, 15) is 14.4 Å². The van der Waals surface area contributed by atoms with Gasteiger partial charge in [0.25, 0.3) is 0 Å². The van der Waals surface area contributed by atoms with Gasteiger partial charge in [0.15, 0.2) is 0 Å². The molecule has 1 fully saturated rings. The van der Waals surface area contributed by atoms with Gasteiger partial charge in [0, 0.05) is 0 Å². The molecule has 0 unspecified atom stereocenters. The summed E-state index contributed by atoms with van der Waals surface area (Å²) in [6.07, 6.45) is 2.08. The Hall–Kier alpha value is -1.24. The Morgan fingerprint density at radius 2 is 1.88 bits per heavy atom. The molecule has 0 saturated carbocycles. The third-order valence-corrected chi connectivity index (χ3v) is 2.90. The molecule has 0 radical (unpaired) electrons. The first-order valence-electron chi connectivity index (χ1n) is 4.86. The van der Waals surface area contributed by atoms with Crippen LogP contribution in [0.2, 0.25) is 0 Å². The summed E-state index contributed by atoms with van der Waals surface area (Å²) in [5, 5.41) is 13.5. The predicted octanol–water partition coefficient (Wildman–Crippen LogP) is -0.803. The molecule has 1 saturated heterocycles. The van der Waals surface area contributed by atoms with Crippen LogP contribution >= 0.6 is 11.8 Å². The van der Waals surface area contributed by atoms with Gasteiger partial charge in [0.1, 0.15) is 12.1 Å². The number of carbonyl (C=O) groups is 3. The Morgan fingerprint density at radius 1 is 1.31 bits per heavy atom. The molecular weight excluding hydrogens is 232 g/mol. The van der Waals surface area contributed by atoms with Crippen LogP contribution in [-0.2, 0) is 14.4 Å². The number of carbonyl (C=O) groups excluding carboxylic acids is 2. The number of carboxylic acid groups (broad SMARTS) is 1. The van der Waals surface area contributed by atoms with Crippen molar-refractivity contribution in [2.75, 3.05) is 12.0 Å². The fourth-order valence-corrected chi connectivity index (χ4v) is 1.90. The van der Waals surface area contributed by atoms with Crippen molar-refractivity contribution in [1.29, 1.82) is 0 Å². The van der Waals surface area contributed by atoms with E-state index in [1.807, 2.05) is 6.26 Å². The van der Waals surface area contributed by atoms with Crippen molar-refractivity contribution < 1.29 is 19.5 Å². The lowest BCUT2D eigenvalue weighted by Crippen LogP contribution is -2.62. The van der Waals surface area contributed by atoms with Crippen LogP contribution in [0.4, 0.5) is 0 Å². The highest BCUT2D eigenvalue weighted by molar-refractivity contribution is 7.98. The number of aliphatic carboxylic acids is 1. The molecule has 2 atom stereocenters. The van der Waals surface area contributed by atoms with E-state index in [4.69, 9.17) is 5.11 Å². The molecule has 90 valence electrons. The smallest absolute Gasteiger partial charge is 0.305 e. The minimum absolute atomic E-state index is 0.306. The lowest BCUT2D eigenvalue weighted by Gasteiger charge is -2.28. The van der Waals surface area contributed by atoms with Crippen LogP contribution in [0.25, 0.3) is 0 Å². The van der Waals surface area contributed by atoms with Gasteiger partial charge in [-0.05, 0) is 18.4 Å². The maximum Gasteiger partial charge on any atom is 0.305 e. The average Bonchev–Trinajstić information content (AvgIpc) is 2.20. The summed E-state index contributed by atoms with van der Waals surface area (Å²) < 4.78 is 0. The Labute approximate surface area is 97.2 Å². The largest absolute Gasteiger partial charge is 0.481 e. The number of rotatable bonds is 5. The van der Waals surface area contributed by atoms with E-state index in [2.05, 4.69) is 10.6 Å². The van der Waals surface area contributed by atoms with Gasteiger partial charge >= 0.3 is 5.97 Å². The van der Waals surface area contributed by atoms with Gasteiger partial charge in [0.2, 0.25) is 11.8 Å². The van der Waals surface area contributed by atoms with Crippen LogP contribution in [0.3, 0.4) is 0 Å². The molecule has 6 nitrogen and oxygen atoms in total. The summed E-state index contributed by atoms with van der Waals surface area (Å²) in [5.74, 6) is -1.07. The number of carboxylic acids is 1. The molecule has 0 bridgehead atoms. The highest BCUT2D eigenvalue weighted by Gasteiger charge is 2.34. The van der Waals surface area contributed by atoms with Gasteiger partial charge in [-0.2, -0.15) is 11.8 Å². The maximum absolute atomic E-state index is 11.5. The summed E-state index contributed by atoms with van der Waals surface area (Å²) >= 11 is 1.58. The topological polar surface area (TPSA) is 95.5 Å². The minimum Gasteiger partial charge on any atom is -0.481 e. The number of nitrogens with one attached hydrogen (secondary N) is 2. The van der Waals surface area contributed by atoms with E-state index >= 15 is 0 Å². The number of piperazine rings is 1. The molecule has 0 aromatic rings. The monoisotopic (exact) mass is 246 g/mol.